The molecular formula is C16H21N3O3. The van der Waals surface area contributed by atoms with E-state index in [2.05, 4.69) is 30.2 Å². The van der Waals surface area contributed by atoms with E-state index in [1.807, 2.05) is 10.7 Å². The Bertz CT molecular complexity index is 695. The van der Waals surface area contributed by atoms with E-state index in [0.717, 1.165) is 30.3 Å². The summed E-state index contributed by atoms with van der Waals surface area (Å²) >= 11 is 0. The van der Waals surface area contributed by atoms with Crippen LogP contribution in [0.1, 0.15) is 43.5 Å². The second kappa shape index (κ2) is 6.04. The number of aromatic nitrogens is 3. The Balaban J connectivity index is 1.81. The SMILES string of the molecule is CC(=O)OC[C@@H]1CCC[C@@H](n2nnc3cc(C)c(C)cc32)O1. The van der Waals surface area contributed by atoms with E-state index in [1.54, 1.807) is 0 Å². The highest BCUT2D eigenvalue weighted by molar-refractivity contribution is 5.76. The molecule has 0 bridgehead atoms. The first-order chi connectivity index (χ1) is 10.5. The maximum Gasteiger partial charge on any atom is 0.302 e. The number of fused-ring (bicyclic) bond motifs is 1. The largest absolute Gasteiger partial charge is 0.463 e. The monoisotopic (exact) mass is 303 g/mol. The molecule has 1 aromatic heterocycles. The van der Waals surface area contributed by atoms with E-state index in [9.17, 15) is 4.79 Å². The molecule has 0 aliphatic carbocycles. The Hall–Kier alpha value is -1.95. The first-order valence-electron chi connectivity index (χ1n) is 7.65. The van der Waals surface area contributed by atoms with Gasteiger partial charge in [-0.05, 0) is 56.4 Å². The van der Waals surface area contributed by atoms with Gasteiger partial charge in [0.05, 0.1) is 11.6 Å². The quantitative estimate of drug-likeness (QED) is 0.816. The predicted molar refractivity (Wildman–Crippen MR) is 81.4 cm³/mol. The fraction of sp³-hybridized carbons (Fsp3) is 0.562. The van der Waals surface area contributed by atoms with Gasteiger partial charge >= 0.3 is 5.97 Å². The number of aryl methyl sites for hydroxylation is 2. The van der Waals surface area contributed by atoms with Gasteiger partial charge < -0.3 is 9.47 Å². The van der Waals surface area contributed by atoms with Gasteiger partial charge in [-0.25, -0.2) is 4.68 Å². The summed E-state index contributed by atoms with van der Waals surface area (Å²) in [5, 5.41) is 8.51. The summed E-state index contributed by atoms with van der Waals surface area (Å²) < 4.78 is 13.0. The Labute approximate surface area is 129 Å². The second-order valence-electron chi connectivity index (χ2n) is 5.91. The van der Waals surface area contributed by atoms with Crippen LogP contribution in [0.3, 0.4) is 0 Å². The van der Waals surface area contributed by atoms with E-state index in [1.165, 1.54) is 18.1 Å². The Morgan fingerprint density at radius 3 is 2.91 bits per heavy atom. The highest BCUT2D eigenvalue weighted by Gasteiger charge is 2.26. The molecule has 2 aromatic rings. The molecule has 0 radical (unpaired) electrons. The molecule has 6 nitrogen and oxygen atoms in total. The zero-order chi connectivity index (χ0) is 15.7. The third-order valence-corrected chi connectivity index (χ3v) is 4.16. The lowest BCUT2D eigenvalue weighted by Crippen LogP contribution is -2.30. The van der Waals surface area contributed by atoms with Crippen molar-refractivity contribution in [2.75, 3.05) is 6.61 Å². The fourth-order valence-electron chi connectivity index (χ4n) is 2.80. The summed E-state index contributed by atoms with van der Waals surface area (Å²) in [5.74, 6) is -0.275. The van der Waals surface area contributed by atoms with Gasteiger partial charge in [-0.1, -0.05) is 5.21 Å². The third kappa shape index (κ3) is 2.97. The lowest BCUT2D eigenvalue weighted by molar-refractivity contribution is -0.154. The number of hydrogen-bond donors (Lipinski definition) is 0. The van der Waals surface area contributed by atoms with Crippen LogP contribution >= 0.6 is 0 Å². The molecule has 0 spiro atoms. The van der Waals surface area contributed by atoms with Gasteiger partial charge in [0.25, 0.3) is 0 Å². The number of benzene rings is 1. The zero-order valence-electron chi connectivity index (χ0n) is 13.2. The van der Waals surface area contributed by atoms with Crippen molar-refractivity contribution >= 4 is 17.0 Å². The van der Waals surface area contributed by atoms with Gasteiger partial charge in [0, 0.05) is 6.92 Å². The summed E-state index contributed by atoms with van der Waals surface area (Å²) in [6.07, 6.45) is 2.58. The summed E-state index contributed by atoms with van der Waals surface area (Å²) in [6.45, 7) is 5.87. The van der Waals surface area contributed by atoms with Gasteiger partial charge in [0.2, 0.25) is 0 Å². The molecule has 118 valence electrons. The van der Waals surface area contributed by atoms with E-state index >= 15 is 0 Å². The Morgan fingerprint density at radius 1 is 1.36 bits per heavy atom. The topological polar surface area (TPSA) is 66.2 Å². The lowest BCUT2D eigenvalue weighted by atomic mass is 10.1. The molecule has 6 heteroatoms. The van der Waals surface area contributed by atoms with Crippen molar-refractivity contribution in [2.24, 2.45) is 0 Å². The molecule has 22 heavy (non-hydrogen) atoms. The lowest BCUT2D eigenvalue weighted by Gasteiger charge is -2.29. The van der Waals surface area contributed by atoms with Crippen molar-refractivity contribution in [3.8, 4) is 0 Å². The van der Waals surface area contributed by atoms with Crippen LogP contribution in [-0.4, -0.2) is 33.7 Å². The summed E-state index contributed by atoms with van der Waals surface area (Å²) in [4.78, 5) is 10.9. The highest BCUT2D eigenvalue weighted by atomic mass is 16.6. The molecule has 0 unspecified atom stereocenters. The van der Waals surface area contributed by atoms with Crippen LogP contribution in [0, 0.1) is 13.8 Å². The van der Waals surface area contributed by atoms with Crippen LogP contribution in [0.4, 0.5) is 0 Å². The second-order valence-corrected chi connectivity index (χ2v) is 5.91. The van der Waals surface area contributed by atoms with Crippen LogP contribution in [-0.2, 0) is 14.3 Å². The van der Waals surface area contributed by atoms with Crippen molar-refractivity contribution in [1.82, 2.24) is 15.0 Å². The van der Waals surface area contributed by atoms with Crippen LogP contribution < -0.4 is 0 Å². The average molecular weight is 303 g/mol. The number of esters is 1. The van der Waals surface area contributed by atoms with Gasteiger partial charge in [-0.3, -0.25) is 4.79 Å². The molecule has 1 aromatic carbocycles. The Kier molecular flexibility index (Phi) is 4.11. The van der Waals surface area contributed by atoms with Crippen molar-refractivity contribution < 1.29 is 14.3 Å². The molecule has 0 amide bonds. The predicted octanol–water partition coefficient (Wildman–Crippen LogP) is 2.68. The molecule has 1 saturated heterocycles. The molecule has 3 rings (SSSR count). The minimum atomic E-state index is -0.275. The number of ether oxygens (including phenoxy) is 2. The minimum Gasteiger partial charge on any atom is -0.463 e. The van der Waals surface area contributed by atoms with Crippen LogP contribution in [0.25, 0.3) is 11.0 Å². The van der Waals surface area contributed by atoms with Gasteiger partial charge in [0.1, 0.15) is 12.1 Å². The molecule has 2 atom stereocenters. The number of rotatable bonds is 3. The number of carbonyl (C=O) groups is 1. The van der Waals surface area contributed by atoms with Crippen LogP contribution in [0.5, 0.6) is 0 Å². The first kappa shape index (κ1) is 15.0. The Morgan fingerprint density at radius 2 is 2.14 bits per heavy atom. The number of carbonyl (C=O) groups excluding carboxylic acids is 1. The first-order valence-corrected chi connectivity index (χ1v) is 7.65. The third-order valence-electron chi connectivity index (χ3n) is 4.16. The highest BCUT2D eigenvalue weighted by Crippen LogP contribution is 2.29. The number of nitrogens with zero attached hydrogens (tertiary/aromatic N) is 3. The molecule has 2 heterocycles. The van der Waals surface area contributed by atoms with Gasteiger partial charge in [0.15, 0.2) is 6.23 Å². The van der Waals surface area contributed by atoms with E-state index < -0.39 is 0 Å². The van der Waals surface area contributed by atoms with Crippen molar-refractivity contribution in [3.63, 3.8) is 0 Å². The van der Waals surface area contributed by atoms with E-state index in [4.69, 9.17) is 9.47 Å². The summed E-state index contributed by atoms with van der Waals surface area (Å²) in [5.41, 5.74) is 4.29. The molecule has 0 N–H and O–H groups in total. The minimum absolute atomic E-state index is 0.0755. The van der Waals surface area contributed by atoms with Crippen molar-refractivity contribution in [3.05, 3.63) is 23.3 Å². The van der Waals surface area contributed by atoms with Gasteiger partial charge in [-0.15, -0.1) is 5.10 Å². The summed E-state index contributed by atoms with van der Waals surface area (Å²) in [7, 11) is 0. The molecule has 1 aliphatic heterocycles. The molecule has 0 saturated carbocycles. The maximum absolute atomic E-state index is 10.9. The van der Waals surface area contributed by atoms with E-state index in [0.29, 0.717) is 6.61 Å². The average Bonchev–Trinajstić information content (AvgIpc) is 2.89. The smallest absolute Gasteiger partial charge is 0.302 e. The van der Waals surface area contributed by atoms with Crippen molar-refractivity contribution in [2.45, 2.75) is 52.4 Å². The maximum atomic E-state index is 10.9. The van der Waals surface area contributed by atoms with Gasteiger partial charge in [-0.2, -0.15) is 0 Å². The number of hydrogen-bond acceptors (Lipinski definition) is 5. The molecule has 1 aliphatic rings. The fourth-order valence-corrected chi connectivity index (χ4v) is 2.80. The van der Waals surface area contributed by atoms with Crippen molar-refractivity contribution in [1.29, 1.82) is 0 Å². The normalized spacial score (nSPS) is 22.0. The summed E-state index contributed by atoms with van der Waals surface area (Å²) in [6, 6.07) is 4.15. The molecular weight excluding hydrogens is 282 g/mol. The standard InChI is InChI=1S/C16H21N3O3/c1-10-7-14-15(8-11(10)2)19(18-17-14)16-6-4-5-13(22-16)9-21-12(3)20/h7-8,13,16H,4-6,9H2,1-3H3/t13-,16-/m0/s1. The van der Waals surface area contributed by atoms with Crippen LogP contribution in [0.15, 0.2) is 12.1 Å². The van der Waals surface area contributed by atoms with Crippen LogP contribution in [0.2, 0.25) is 0 Å². The van der Waals surface area contributed by atoms with E-state index in [-0.39, 0.29) is 18.3 Å². The molecule has 1 fully saturated rings. The zero-order valence-corrected chi connectivity index (χ0v) is 13.2.